The highest BCUT2D eigenvalue weighted by Crippen LogP contribution is 2.72. The van der Waals surface area contributed by atoms with Gasteiger partial charge in [0.05, 0.1) is 18.1 Å². The third-order valence-corrected chi connectivity index (χ3v) is 12.5. The van der Waals surface area contributed by atoms with Crippen LogP contribution in [-0.2, 0) is 9.59 Å². The fourth-order valence-electron chi connectivity index (χ4n) is 9.91. The molecule has 0 spiro atoms. The van der Waals surface area contributed by atoms with E-state index in [1.807, 2.05) is 6.92 Å². The lowest BCUT2D eigenvalue weighted by Gasteiger charge is -2.67. The van der Waals surface area contributed by atoms with Crippen molar-refractivity contribution in [2.24, 2.45) is 50.7 Å². The molecule has 2 fully saturated rings. The van der Waals surface area contributed by atoms with Gasteiger partial charge in [-0.15, -0.1) is 0 Å². The molecule has 0 saturated heterocycles. The summed E-state index contributed by atoms with van der Waals surface area (Å²) in [5, 5.41) is 32.4. The molecule has 3 N–H and O–H groups in total. The van der Waals surface area contributed by atoms with Gasteiger partial charge in [-0.2, -0.15) is 0 Å². The number of carboxylic acids is 1. The quantitative estimate of drug-likeness (QED) is 0.448. The van der Waals surface area contributed by atoms with Crippen LogP contribution in [0.1, 0.15) is 101 Å². The summed E-state index contributed by atoms with van der Waals surface area (Å²) in [6.07, 6.45) is 2.63. The van der Waals surface area contributed by atoms with Crippen LogP contribution in [0.15, 0.2) is 11.1 Å². The number of Topliss-reactive ketones (excluding diaryl/α,β-unsaturated/α-hetero) is 1. The lowest BCUT2D eigenvalue weighted by Crippen LogP contribution is -2.66. The Morgan fingerprint density at radius 1 is 0.971 bits per heavy atom. The Hall–Kier alpha value is -1.20. The van der Waals surface area contributed by atoms with Crippen LogP contribution in [-0.4, -0.2) is 39.3 Å². The predicted molar refractivity (Wildman–Crippen MR) is 137 cm³/mol. The van der Waals surface area contributed by atoms with Crippen LogP contribution in [0.2, 0.25) is 0 Å². The van der Waals surface area contributed by atoms with E-state index in [1.54, 1.807) is 0 Å². The van der Waals surface area contributed by atoms with Crippen molar-refractivity contribution in [1.29, 1.82) is 0 Å². The zero-order valence-electron chi connectivity index (χ0n) is 23.4. The Morgan fingerprint density at radius 3 is 2.11 bits per heavy atom. The first-order valence-electron chi connectivity index (χ1n) is 13.8. The second-order valence-electron chi connectivity index (χ2n) is 14.4. The molecule has 4 aliphatic rings. The normalized spacial score (nSPS) is 48.2. The van der Waals surface area contributed by atoms with E-state index in [-0.39, 0.29) is 29.0 Å². The van der Waals surface area contributed by atoms with Gasteiger partial charge in [-0.25, -0.2) is 0 Å². The molecule has 4 rings (SSSR count). The lowest BCUT2D eigenvalue weighted by atomic mass is 9.36. The van der Waals surface area contributed by atoms with Gasteiger partial charge >= 0.3 is 5.97 Å². The van der Waals surface area contributed by atoms with E-state index in [1.165, 1.54) is 11.1 Å². The monoisotopic (exact) mass is 488 g/mol. The Morgan fingerprint density at radius 2 is 1.57 bits per heavy atom. The summed E-state index contributed by atoms with van der Waals surface area (Å²) in [5.74, 6) is -1.08. The topological polar surface area (TPSA) is 94.8 Å². The van der Waals surface area contributed by atoms with Crippen LogP contribution in [0.3, 0.4) is 0 Å². The zero-order valence-corrected chi connectivity index (χ0v) is 23.4. The van der Waals surface area contributed by atoms with Crippen molar-refractivity contribution in [3.63, 3.8) is 0 Å². The molecule has 0 heterocycles. The number of rotatable bonds is 3. The fourth-order valence-corrected chi connectivity index (χ4v) is 9.91. The van der Waals surface area contributed by atoms with Gasteiger partial charge in [0.15, 0.2) is 0 Å². The standard InChI is InChI=1S/C30H48O5/c1-16(2)17(3)30(9)22(32)15-29(8)19-10-11-21-26(4,5)24(33)20(31)14-27(21,6)18(19)12-13-28(29,7)23(30)25(34)35/h16-17,20-21,23-24,31,33H,10-15H2,1-9H3,(H,34,35)/t17-,20-,21+,23+,24+,27-,28+,29-,30+/m1/s1. The maximum Gasteiger partial charge on any atom is 0.308 e. The summed E-state index contributed by atoms with van der Waals surface area (Å²) in [7, 11) is 0. The van der Waals surface area contributed by atoms with Crippen LogP contribution in [0.5, 0.6) is 0 Å². The van der Waals surface area contributed by atoms with Crippen LogP contribution >= 0.6 is 0 Å². The van der Waals surface area contributed by atoms with E-state index in [9.17, 15) is 24.9 Å². The van der Waals surface area contributed by atoms with Gasteiger partial charge in [-0.1, -0.05) is 73.5 Å². The Labute approximate surface area is 211 Å². The maximum atomic E-state index is 14.1. The third-order valence-electron chi connectivity index (χ3n) is 12.5. The summed E-state index contributed by atoms with van der Waals surface area (Å²) in [6, 6.07) is 0. The minimum absolute atomic E-state index is 0.0307. The summed E-state index contributed by atoms with van der Waals surface area (Å²) in [6.45, 7) is 18.9. The van der Waals surface area contributed by atoms with Gasteiger partial charge in [0.2, 0.25) is 0 Å². The molecule has 0 aromatic carbocycles. The van der Waals surface area contributed by atoms with Gasteiger partial charge in [0.1, 0.15) is 5.78 Å². The number of aliphatic carboxylic acids is 1. The molecule has 5 nitrogen and oxygen atoms in total. The van der Waals surface area contributed by atoms with Crippen molar-refractivity contribution >= 4 is 11.8 Å². The summed E-state index contributed by atoms with van der Waals surface area (Å²) < 4.78 is 0. The molecular weight excluding hydrogens is 440 g/mol. The summed E-state index contributed by atoms with van der Waals surface area (Å²) in [4.78, 5) is 27.1. The number of hydrogen-bond acceptors (Lipinski definition) is 4. The van der Waals surface area contributed by atoms with E-state index in [4.69, 9.17) is 0 Å². The predicted octanol–water partition coefficient (Wildman–Crippen LogP) is 5.63. The van der Waals surface area contributed by atoms with E-state index < -0.39 is 45.8 Å². The Balaban J connectivity index is 1.89. The number of fused-ring (bicyclic) bond motifs is 4. The minimum atomic E-state index is -0.902. The largest absolute Gasteiger partial charge is 0.481 e. The van der Waals surface area contributed by atoms with Crippen molar-refractivity contribution in [2.45, 2.75) is 113 Å². The average Bonchev–Trinajstić information content (AvgIpc) is 2.73. The number of aliphatic hydroxyl groups excluding tert-OH is 2. The fraction of sp³-hybridized carbons (Fsp3) is 0.867. The smallest absolute Gasteiger partial charge is 0.308 e. The minimum Gasteiger partial charge on any atom is -0.481 e. The zero-order chi connectivity index (χ0) is 26.5. The summed E-state index contributed by atoms with van der Waals surface area (Å²) in [5.41, 5.74) is -0.00281. The summed E-state index contributed by atoms with van der Waals surface area (Å²) >= 11 is 0. The van der Waals surface area contributed by atoms with E-state index in [2.05, 4.69) is 55.4 Å². The van der Waals surface area contributed by atoms with Gasteiger partial charge in [-0.05, 0) is 66.1 Å². The SMILES string of the molecule is CC(C)[C@@H](C)[C@@]1(C)C(=O)C[C@]2(C)C3=C(CC[C@@]2(C)[C@@H]1C(=O)O)[C@@]1(C)C[C@@H](O)[C@H](O)C(C)(C)[C@@H]1CC3. The number of carbonyl (C=O) groups is 2. The molecule has 0 aromatic heterocycles. The van der Waals surface area contributed by atoms with Crippen LogP contribution in [0, 0.1) is 50.7 Å². The average molecular weight is 489 g/mol. The molecule has 198 valence electrons. The second-order valence-corrected chi connectivity index (χ2v) is 14.4. The van der Waals surface area contributed by atoms with Crippen molar-refractivity contribution in [3.05, 3.63) is 11.1 Å². The molecule has 2 saturated carbocycles. The molecule has 4 aliphatic carbocycles. The molecule has 5 heteroatoms. The van der Waals surface area contributed by atoms with Gasteiger partial charge < -0.3 is 15.3 Å². The molecule has 9 atom stereocenters. The highest BCUT2D eigenvalue weighted by molar-refractivity contribution is 5.93. The Kier molecular flexibility index (Phi) is 6.06. The van der Waals surface area contributed by atoms with Crippen molar-refractivity contribution < 1.29 is 24.9 Å². The number of carbonyl (C=O) groups excluding carboxylic acids is 1. The molecule has 0 aromatic rings. The highest BCUT2D eigenvalue weighted by atomic mass is 16.4. The number of allylic oxidation sites excluding steroid dienone is 2. The van der Waals surface area contributed by atoms with Gasteiger partial charge in [0, 0.05) is 17.3 Å². The Bertz CT molecular complexity index is 964. The van der Waals surface area contributed by atoms with Crippen LogP contribution < -0.4 is 0 Å². The number of ketones is 1. The van der Waals surface area contributed by atoms with Crippen LogP contribution in [0.25, 0.3) is 0 Å². The third kappa shape index (κ3) is 3.19. The van der Waals surface area contributed by atoms with Crippen molar-refractivity contribution in [1.82, 2.24) is 0 Å². The highest BCUT2D eigenvalue weighted by Gasteiger charge is 2.70. The first-order valence-corrected chi connectivity index (χ1v) is 13.8. The maximum absolute atomic E-state index is 14.1. The molecule has 0 amide bonds. The first-order chi connectivity index (χ1) is 15.9. The number of hydrogen-bond donors (Lipinski definition) is 3. The molecule has 0 radical (unpaired) electrons. The molecule has 0 aliphatic heterocycles. The first kappa shape index (κ1) is 26.9. The van der Waals surface area contributed by atoms with Crippen molar-refractivity contribution in [3.8, 4) is 0 Å². The van der Waals surface area contributed by atoms with Gasteiger partial charge in [-0.3, -0.25) is 9.59 Å². The molecular formula is C30H48O5. The second kappa shape index (κ2) is 7.90. The lowest BCUT2D eigenvalue weighted by molar-refractivity contribution is -0.189. The number of carboxylic acid groups (broad SMARTS) is 1. The van der Waals surface area contributed by atoms with Crippen LogP contribution in [0.4, 0.5) is 0 Å². The molecule has 0 bridgehead atoms. The van der Waals surface area contributed by atoms with E-state index in [0.29, 0.717) is 12.8 Å². The number of aliphatic hydroxyl groups is 2. The van der Waals surface area contributed by atoms with Crippen molar-refractivity contribution in [2.75, 3.05) is 0 Å². The molecule has 0 unspecified atom stereocenters. The van der Waals surface area contributed by atoms with E-state index >= 15 is 0 Å². The molecule has 35 heavy (non-hydrogen) atoms. The van der Waals surface area contributed by atoms with E-state index in [0.717, 1.165) is 25.7 Å². The van der Waals surface area contributed by atoms with Gasteiger partial charge in [0.25, 0.3) is 0 Å².